The molecule has 0 saturated heterocycles. The second-order valence-electron chi connectivity index (χ2n) is 4.47. The van der Waals surface area contributed by atoms with Crippen molar-refractivity contribution in [3.8, 4) is 5.75 Å². The second kappa shape index (κ2) is 4.21. The standard InChI is InChI=1S/C12H18N2O/c1-14(2)8-10-7-13-6-9-3-4-11(15)5-12(9)10/h3-5,10,13,15H,6-8H2,1-2H3. The molecular weight excluding hydrogens is 188 g/mol. The molecule has 3 heteroatoms. The fourth-order valence-electron chi connectivity index (χ4n) is 2.22. The lowest BCUT2D eigenvalue weighted by atomic mass is 9.90. The van der Waals surface area contributed by atoms with Crippen LogP contribution in [0.2, 0.25) is 0 Å². The third-order valence-electron chi connectivity index (χ3n) is 2.86. The van der Waals surface area contributed by atoms with Gasteiger partial charge < -0.3 is 15.3 Å². The summed E-state index contributed by atoms with van der Waals surface area (Å²) < 4.78 is 0. The predicted octanol–water partition coefficient (Wildman–Crippen LogP) is 1.14. The van der Waals surface area contributed by atoms with Gasteiger partial charge in [0.05, 0.1) is 0 Å². The summed E-state index contributed by atoms with van der Waals surface area (Å²) in [5, 5.41) is 12.9. The number of rotatable bonds is 2. The van der Waals surface area contributed by atoms with E-state index in [0.717, 1.165) is 19.6 Å². The molecule has 0 amide bonds. The van der Waals surface area contributed by atoms with Crippen molar-refractivity contribution in [2.45, 2.75) is 12.5 Å². The quantitative estimate of drug-likeness (QED) is 0.761. The van der Waals surface area contributed by atoms with Crippen LogP contribution in [-0.2, 0) is 6.54 Å². The molecule has 15 heavy (non-hydrogen) atoms. The van der Waals surface area contributed by atoms with Gasteiger partial charge in [-0.1, -0.05) is 6.07 Å². The molecule has 0 aliphatic carbocycles. The monoisotopic (exact) mass is 206 g/mol. The molecule has 82 valence electrons. The summed E-state index contributed by atoms with van der Waals surface area (Å²) in [6.45, 7) is 2.93. The Bertz CT molecular complexity index is 349. The van der Waals surface area contributed by atoms with Crippen LogP contribution < -0.4 is 5.32 Å². The van der Waals surface area contributed by atoms with E-state index in [1.807, 2.05) is 12.1 Å². The highest BCUT2D eigenvalue weighted by Crippen LogP contribution is 2.27. The molecule has 1 aromatic rings. The Morgan fingerprint density at radius 1 is 1.47 bits per heavy atom. The molecule has 0 bridgehead atoms. The van der Waals surface area contributed by atoms with Crippen LogP contribution in [-0.4, -0.2) is 37.2 Å². The molecule has 0 radical (unpaired) electrons. The van der Waals surface area contributed by atoms with Crippen molar-refractivity contribution in [2.24, 2.45) is 0 Å². The number of nitrogens with one attached hydrogen (secondary N) is 1. The highest BCUT2D eigenvalue weighted by molar-refractivity contribution is 5.39. The first-order valence-electron chi connectivity index (χ1n) is 5.34. The number of phenols is 1. The van der Waals surface area contributed by atoms with E-state index in [0.29, 0.717) is 11.7 Å². The zero-order valence-electron chi connectivity index (χ0n) is 9.33. The Kier molecular flexibility index (Phi) is 2.93. The Labute approximate surface area is 90.7 Å². The topological polar surface area (TPSA) is 35.5 Å². The number of benzene rings is 1. The van der Waals surface area contributed by atoms with Crippen LogP contribution in [0.25, 0.3) is 0 Å². The summed E-state index contributed by atoms with van der Waals surface area (Å²) in [5.74, 6) is 0.857. The number of phenolic OH excluding ortho intramolecular Hbond substituents is 1. The van der Waals surface area contributed by atoms with Gasteiger partial charge in [0, 0.05) is 25.6 Å². The van der Waals surface area contributed by atoms with Gasteiger partial charge in [-0.2, -0.15) is 0 Å². The van der Waals surface area contributed by atoms with Crippen LogP contribution in [0.5, 0.6) is 5.75 Å². The smallest absolute Gasteiger partial charge is 0.115 e. The third kappa shape index (κ3) is 2.30. The lowest BCUT2D eigenvalue weighted by Gasteiger charge is -2.28. The molecule has 1 heterocycles. The SMILES string of the molecule is CN(C)CC1CNCc2ccc(O)cc21. The molecule has 2 rings (SSSR count). The summed E-state index contributed by atoms with van der Waals surface area (Å²) in [5.41, 5.74) is 2.60. The molecule has 1 aliphatic heterocycles. The lowest BCUT2D eigenvalue weighted by molar-refractivity contribution is 0.354. The lowest BCUT2D eigenvalue weighted by Crippen LogP contribution is -2.33. The summed E-state index contributed by atoms with van der Waals surface area (Å²) in [4.78, 5) is 2.19. The minimum atomic E-state index is 0.374. The van der Waals surface area contributed by atoms with Crippen molar-refractivity contribution in [1.82, 2.24) is 10.2 Å². The van der Waals surface area contributed by atoms with Gasteiger partial charge in [-0.3, -0.25) is 0 Å². The minimum absolute atomic E-state index is 0.374. The van der Waals surface area contributed by atoms with Crippen LogP contribution in [0.15, 0.2) is 18.2 Å². The fraction of sp³-hybridized carbons (Fsp3) is 0.500. The van der Waals surface area contributed by atoms with Crippen LogP contribution in [0.3, 0.4) is 0 Å². The van der Waals surface area contributed by atoms with Gasteiger partial charge in [0.25, 0.3) is 0 Å². The first-order valence-corrected chi connectivity index (χ1v) is 5.34. The number of hydrogen-bond acceptors (Lipinski definition) is 3. The molecule has 0 spiro atoms. The van der Waals surface area contributed by atoms with Crippen LogP contribution >= 0.6 is 0 Å². The molecule has 2 N–H and O–H groups in total. The van der Waals surface area contributed by atoms with Crippen molar-refractivity contribution >= 4 is 0 Å². The second-order valence-corrected chi connectivity index (χ2v) is 4.47. The predicted molar refractivity (Wildman–Crippen MR) is 61.1 cm³/mol. The minimum Gasteiger partial charge on any atom is -0.508 e. The van der Waals surface area contributed by atoms with Gasteiger partial charge in [-0.15, -0.1) is 0 Å². The normalized spacial score (nSPS) is 20.3. The van der Waals surface area contributed by atoms with Crippen LogP contribution in [0.1, 0.15) is 17.0 Å². The van der Waals surface area contributed by atoms with Gasteiger partial charge >= 0.3 is 0 Å². The van der Waals surface area contributed by atoms with Crippen LogP contribution in [0.4, 0.5) is 0 Å². The fourth-order valence-corrected chi connectivity index (χ4v) is 2.22. The summed E-state index contributed by atoms with van der Waals surface area (Å²) in [6, 6.07) is 5.68. The Hall–Kier alpha value is -1.06. The van der Waals surface area contributed by atoms with Gasteiger partial charge in [0.15, 0.2) is 0 Å². The molecular formula is C12H18N2O. The van der Waals surface area contributed by atoms with Crippen molar-refractivity contribution in [1.29, 1.82) is 0 Å². The van der Waals surface area contributed by atoms with E-state index in [4.69, 9.17) is 0 Å². The van der Waals surface area contributed by atoms with E-state index >= 15 is 0 Å². The van der Waals surface area contributed by atoms with E-state index in [2.05, 4.69) is 24.3 Å². The summed E-state index contributed by atoms with van der Waals surface area (Å²) in [7, 11) is 4.16. The first-order chi connectivity index (χ1) is 7.16. The van der Waals surface area contributed by atoms with Gasteiger partial charge in [-0.25, -0.2) is 0 Å². The largest absolute Gasteiger partial charge is 0.508 e. The molecule has 0 fully saturated rings. The molecule has 3 nitrogen and oxygen atoms in total. The Balaban J connectivity index is 2.28. The molecule has 1 aromatic carbocycles. The maximum atomic E-state index is 9.51. The van der Waals surface area contributed by atoms with E-state index in [1.165, 1.54) is 11.1 Å². The molecule has 0 saturated carbocycles. The number of hydrogen-bond donors (Lipinski definition) is 2. The average Bonchev–Trinajstić information content (AvgIpc) is 2.18. The third-order valence-corrected chi connectivity index (χ3v) is 2.86. The molecule has 1 unspecified atom stereocenters. The van der Waals surface area contributed by atoms with Gasteiger partial charge in [0.1, 0.15) is 5.75 Å². The number of fused-ring (bicyclic) bond motifs is 1. The first kappa shape index (κ1) is 10.5. The summed E-state index contributed by atoms with van der Waals surface area (Å²) >= 11 is 0. The zero-order chi connectivity index (χ0) is 10.8. The number of likely N-dealkylation sites (N-methyl/N-ethyl adjacent to an activating group) is 1. The Morgan fingerprint density at radius 2 is 2.27 bits per heavy atom. The highest BCUT2D eigenvalue weighted by atomic mass is 16.3. The maximum absolute atomic E-state index is 9.51. The van der Waals surface area contributed by atoms with Gasteiger partial charge in [-0.05, 0) is 37.4 Å². The number of aromatic hydroxyl groups is 1. The van der Waals surface area contributed by atoms with E-state index in [9.17, 15) is 5.11 Å². The highest BCUT2D eigenvalue weighted by Gasteiger charge is 2.20. The van der Waals surface area contributed by atoms with E-state index < -0.39 is 0 Å². The molecule has 1 atom stereocenters. The van der Waals surface area contributed by atoms with Crippen LogP contribution in [0, 0.1) is 0 Å². The Morgan fingerprint density at radius 3 is 3.00 bits per heavy atom. The summed E-state index contributed by atoms with van der Waals surface area (Å²) in [6.07, 6.45) is 0. The maximum Gasteiger partial charge on any atom is 0.115 e. The zero-order valence-corrected chi connectivity index (χ0v) is 9.33. The van der Waals surface area contributed by atoms with Crippen molar-refractivity contribution < 1.29 is 5.11 Å². The average molecular weight is 206 g/mol. The van der Waals surface area contributed by atoms with Crippen molar-refractivity contribution in [2.75, 3.05) is 27.2 Å². The number of nitrogens with zero attached hydrogens (tertiary/aromatic N) is 1. The van der Waals surface area contributed by atoms with Crippen molar-refractivity contribution in [3.63, 3.8) is 0 Å². The van der Waals surface area contributed by atoms with Crippen molar-refractivity contribution in [3.05, 3.63) is 29.3 Å². The van der Waals surface area contributed by atoms with E-state index in [-0.39, 0.29) is 0 Å². The van der Waals surface area contributed by atoms with Gasteiger partial charge in [0.2, 0.25) is 0 Å². The molecule has 1 aliphatic rings. The van der Waals surface area contributed by atoms with E-state index in [1.54, 1.807) is 6.07 Å². The molecule has 0 aromatic heterocycles.